The number of amides is 2. The number of methoxy groups -OCH3 is 1. The molecule has 0 atom stereocenters. The van der Waals surface area contributed by atoms with E-state index < -0.39 is 11.9 Å². The molecule has 0 aliphatic rings. The SMILES string of the molecule is COC(=O)/C=C/C(=O)OCCCCCNC(=O)NCc1ccccc1. The van der Waals surface area contributed by atoms with Gasteiger partial charge < -0.3 is 20.1 Å². The molecule has 0 heterocycles. The number of benzene rings is 1. The number of hydrogen-bond acceptors (Lipinski definition) is 5. The van der Waals surface area contributed by atoms with Gasteiger partial charge in [-0.2, -0.15) is 0 Å². The minimum Gasteiger partial charge on any atom is -0.466 e. The van der Waals surface area contributed by atoms with Gasteiger partial charge in [0.25, 0.3) is 0 Å². The second-order valence-electron chi connectivity index (χ2n) is 5.18. The highest BCUT2D eigenvalue weighted by molar-refractivity contribution is 5.91. The molecular formula is C18H24N2O5. The third kappa shape index (κ3) is 10.5. The van der Waals surface area contributed by atoms with Crippen LogP contribution in [-0.4, -0.2) is 38.2 Å². The number of esters is 2. The summed E-state index contributed by atoms with van der Waals surface area (Å²) in [6, 6.07) is 9.46. The van der Waals surface area contributed by atoms with Gasteiger partial charge in [-0.25, -0.2) is 14.4 Å². The van der Waals surface area contributed by atoms with Crippen molar-refractivity contribution in [2.24, 2.45) is 0 Å². The van der Waals surface area contributed by atoms with E-state index in [9.17, 15) is 14.4 Å². The lowest BCUT2D eigenvalue weighted by molar-refractivity contribution is -0.139. The zero-order valence-corrected chi connectivity index (χ0v) is 14.3. The van der Waals surface area contributed by atoms with Crippen LogP contribution in [0.25, 0.3) is 0 Å². The van der Waals surface area contributed by atoms with Gasteiger partial charge in [0.15, 0.2) is 0 Å². The lowest BCUT2D eigenvalue weighted by atomic mass is 10.2. The number of carbonyl (C=O) groups excluding carboxylic acids is 3. The first-order valence-corrected chi connectivity index (χ1v) is 8.10. The first-order chi connectivity index (χ1) is 12.1. The molecule has 7 heteroatoms. The van der Waals surface area contributed by atoms with Crippen molar-refractivity contribution >= 4 is 18.0 Å². The third-order valence-corrected chi connectivity index (χ3v) is 3.20. The average Bonchev–Trinajstić information content (AvgIpc) is 2.64. The van der Waals surface area contributed by atoms with Crippen molar-refractivity contribution in [3.05, 3.63) is 48.0 Å². The highest BCUT2D eigenvalue weighted by atomic mass is 16.5. The predicted octanol–water partition coefficient (Wildman–Crippen LogP) is 1.93. The minimum absolute atomic E-state index is 0.205. The van der Waals surface area contributed by atoms with Crippen LogP contribution in [0.2, 0.25) is 0 Å². The molecule has 0 saturated carbocycles. The maximum absolute atomic E-state index is 11.6. The summed E-state index contributed by atoms with van der Waals surface area (Å²) in [7, 11) is 1.23. The van der Waals surface area contributed by atoms with E-state index in [2.05, 4.69) is 15.4 Å². The van der Waals surface area contributed by atoms with Crippen LogP contribution in [0.3, 0.4) is 0 Å². The zero-order chi connectivity index (χ0) is 18.3. The van der Waals surface area contributed by atoms with Gasteiger partial charge in [-0.3, -0.25) is 0 Å². The molecule has 0 radical (unpaired) electrons. The van der Waals surface area contributed by atoms with Gasteiger partial charge >= 0.3 is 18.0 Å². The fourth-order valence-electron chi connectivity index (χ4n) is 1.87. The molecule has 1 aromatic carbocycles. The Morgan fingerprint density at radius 1 is 0.960 bits per heavy atom. The van der Waals surface area contributed by atoms with Crippen molar-refractivity contribution in [2.45, 2.75) is 25.8 Å². The van der Waals surface area contributed by atoms with Crippen LogP contribution in [0, 0.1) is 0 Å². The summed E-state index contributed by atoms with van der Waals surface area (Å²) in [5, 5.41) is 5.55. The molecule has 2 amide bonds. The van der Waals surface area contributed by atoms with E-state index in [0.29, 0.717) is 19.5 Å². The maximum Gasteiger partial charge on any atom is 0.331 e. The van der Waals surface area contributed by atoms with Crippen molar-refractivity contribution < 1.29 is 23.9 Å². The summed E-state index contributed by atoms with van der Waals surface area (Å²) < 4.78 is 9.28. The Morgan fingerprint density at radius 2 is 1.68 bits per heavy atom. The molecule has 1 aromatic rings. The van der Waals surface area contributed by atoms with E-state index in [1.807, 2.05) is 30.3 Å². The van der Waals surface area contributed by atoms with E-state index in [0.717, 1.165) is 30.6 Å². The van der Waals surface area contributed by atoms with Crippen LogP contribution in [0.1, 0.15) is 24.8 Å². The molecule has 0 saturated heterocycles. The smallest absolute Gasteiger partial charge is 0.331 e. The van der Waals surface area contributed by atoms with Crippen molar-refractivity contribution in [1.29, 1.82) is 0 Å². The van der Waals surface area contributed by atoms with Gasteiger partial charge in [-0.15, -0.1) is 0 Å². The largest absolute Gasteiger partial charge is 0.466 e. The van der Waals surface area contributed by atoms with Gasteiger partial charge in [-0.05, 0) is 24.8 Å². The van der Waals surface area contributed by atoms with Crippen LogP contribution < -0.4 is 10.6 Å². The second kappa shape index (κ2) is 12.6. The highest BCUT2D eigenvalue weighted by Gasteiger charge is 2.01. The number of nitrogens with one attached hydrogen (secondary N) is 2. The van der Waals surface area contributed by atoms with E-state index in [4.69, 9.17) is 4.74 Å². The fraction of sp³-hybridized carbons (Fsp3) is 0.389. The van der Waals surface area contributed by atoms with Crippen molar-refractivity contribution in [3.63, 3.8) is 0 Å². The Balaban J connectivity index is 1.97. The topological polar surface area (TPSA) is 93.7 Å². The Kier molecular flexibility index (Phi) is 10.2. The number of carbonyl (C=O) groups is 3. The number of rotatable bonds is 10. The van der Waals surface area contributed by atoms with Crippen LogP contribution in [-0.2, 0) is 25.6 Å². The Hall–Kier alpha value is -2.83. The fourth-order valence-corrected chi connectivity index (χ4v) is 1.87. The molecule has 0 aliphatic carbocycles. The van der Waals surface area contributed by atoms with Crippen molar-refractivity contribution in [3.8, 4) is 0 Å². The van der Waals surface area contributed by atoms with Gasteiger partial charge in [0.05, 0.1) is 13.7 Å². The summed E-state index contributed by atoms with van der Waals surface area (Å²) in [6.07, 6.45) is 4.33. The molecule has 2 N–H and O–H groups in total. The average molecular weight is 348 g/mol. The molecule has 0 fully saturated rings. The van der Waals surface area contributed by atoms with E-state index in [1.165, 1.54) is 7.11 Å². The van der Waals surface area contributed by atoms with Gasteiger partial charge in [0, 0.05) is 25.2 Å². The molecule has 0 spiro atoms. The van der Waals surface area contributed by atoms with E-state index in [1.54, 1.807) is 0 Å². The van der Waals surface area contributed by atoms with Crippen molar-refractivity contribution in [1.82, 2.24) is 10.6 Å². The zero-order valence-electron chi connectivity index (χ0n) is 14.3. The quantitative estimate of drug-likeness (QED) is 0.383. The Bertz CT molecular complexity index is 572. The second-order valence-corrected chi connectivity index (χ2v) is 5.18. The molecule has 7 nitrogen and oxygen atoms in total. The number of urea groups is 1. The Labute approximate surface area is 147 Å². The molecule has 1 rings (SSSR count). The molecule has 0 bridgehead atoms. The van der Waals surface area contributed by atoms with Gasteiger partial charge in [-0.1, -0.05) is 30.3 Å². The highest BCUT2D eigenvalue weighted by Crippen LogP contribution is 1.98. The number of ether oxygens (including phenoxy) is 2. The molecule has 0 aromatic heterocycles. The summed E-state index contributed by atoms with van der Waals surface area (Å²) in [6.45, 7) is 1.31. The van der Waals surface area contributed by atoms with Gasteiger partial charge in [0.1, 0.15) is 0 Å². The lowest BCUT2D eigenvalue weighted by Gasteiger charge is -2.07. The standard InChI is InChI=1S/C18H24N2O5/c1-24-16(21)10-11-17(22)25-13-7-3-6-12-19-18(23)20-14-15-8-4-2-5-9-15/h2,4-5,8-11H,3,6-7,12-14H2,1H3,(H2,19,20,23)/b11-10+. The third-order valence-electron chi connectivity index (χ3n) is 3.20. The molecular weight excluding hydrogens is 324 g/mol. The summed E-state index contributed by atoms with van der Waals surface area (Å²) in [4.78, 5) is 33.6. The van der Waals surface area contributed by atoms with Crippen LogP contribution >= 0.6 is 0 Å². The first kappa shape index (κ1) is 20.2. The van der Waals surface area contributed by atoms with Crippen LogP contribution in [0.4, 0.5) is 4.79 Å². The van der Waals surface area contributed by atoms with Crippen molar-refractivity contribution in [2.75, 3.05) is 20.3 Å². The number of hydrogen-bond donors (Lipinski definition) is 2. The van der Waals surface area contributed by atoms with E-state index >= 15 is 0 Å². The summed E-state index contributed by atoms with van der Waals surface area (Å²) in [5.74, 6) is -1.18. The first-order valence-electron chi connectivity index (χ1n) is 8.10. The normalized spacial score (nSPS) is 10.3. The number of unbranched alkanes of at least 4 members (excludes halogenated alkanes) is 2. The molecule has 0 unspecified atom stereocenters. The minimum atomic E-state index is -0.603. The van der Waals surface area contributed by atoms with E-state index in [-0.39, 0.29) is 12.6 Å². The molecule has 0 aliphatic heterocycles. The lowest BCUT2D eigenvalue weighted by Crippen LogP contribution is -2.35. The maximum atomic E-state index is 11.6. The Morgan fingerprint density at radius 3 is 2.40 bits per heavy atom. The summed E-state index contributed by atoms with van der Waals surface area (Å²) in [5.41, 5.74) is 1.04. The van der Waals surface area contributed by atoms with Crippen LogP contribution in [0.5, 0.6) is 0 Å². The molecule has 25 heavy (non-hydrogen) atoms. The van der Waals surface area contributed by atoms with Gasteiger partial charge in [0.2, 0.25) is 0 Å². The summed E-state index contributed by atoms with van der Waals surface area (Å²) >= 11 is 0. The van der Waals surface area contributed by atoms with Crippen LogP contribution in [0.15, 0.2) is 42.5 Å². The molecule has 136 valence electrons. The predicted molar refractivity (Wildman–Crippen MR) is 92.6 cm³/mol. The monoisotopic (exact) mass is 348 g/mol.